The zero-order valence-corrected chi connectivity index (χ0v) is 31.6. The van der Waals surface area contributed by atoms with Gasteiger partial charge < -0.3 is 0 Å². The van der Waals surface area contributed by atoms with Gasteiger partial charge in [-0.1, -0.05) is 109 Å². The third kappa shape index (κ3) is 8.74. The van der Waals surface area contributed by atoms with E-state index in [2.05, 4.69) is 103 Å². The van der Waals surface area contributed by atoms with E-state index in [1.165, 1.54) is 60.0 Å². The van der Waals surface area contributed by atoms with Crippen LogP contribution in [0.1, 0.15) is 132 Å². The molecule has 1 nitrogen and oxygen atoms in total. The average molecular weight is 633 g/mol. The van der Waals surface area contributed by atoms with Crippen molar-refractivity contribution in [3.63, 3.8) is 0 Å². The van der Waals surface area contributed by atoms with Crippen LogP contribution in [0.4, 0.5) is 0 Å². The topological polar surface area (TPSA) is 17.1 Å². The molecular weight excluding hydrogens is 569 g/mol. The van der Waals surface area contributed by atoms with Crippen molar-refractivity contribution in [1.82, 2.24) is 0 Å². The molecule has 0 aliphatic heterocycles. The number of ketones is 1. The monoisotopic (exact) mass is 632 g/mol. The van der Waals surface area contributed by atoms with Crippen molar-refractivity contribution < 1.29 is 4.79 Å². The number of hydrogen-bond donors (Lipinski definition) is 0. The summed E-state index contributed by atoms with van der Waals surface area (Å²) in [5, 5.41) is 0. The first-order valence-corrected chi connectivity index (χ1v) is 18.4. The molecule has 0 saturated heterocycles. The summed E-state index contributed by atoms with van der Waals surface area (Å²) in [6.45, 7) is 31.3. The van der Waals surface area contributed by atoms with Crippen molar-refractivity contribution in [2.75, 3.05) is 0 Å². The molecule has 0 aromatic heterocycles. The Bertz CT molecular complexity index is 1470. The summed E-state index contributed by atoms with van der Waals surface area (Å²) in [5.41, 5.74) is 14.7. The Morgan fingerprint density at radius 1 is 0.957 bits per heavy atom. The highest BCUT2D eigenvalue weighted by Crippen LogP contribution is 2.76. The summed E-state index contributed by atoms with van der Waals surface area (Å²) in [5.74, 6) is 3.27. The smallest absolute Gasteiger partial charge is 0.186 e. The van der Waals surface area contributed by atoms with Gasteiger partial charge in [-0.05, 0) is 141 Å². The summed E-state index contributed by atoms with van der Waals surface area (Å²) in [7, 11) is 0. The summed E-state index contributed by atoms with van der Waals surface area (Å²) in [4.78, 5) is 13.0. The first kappa shape index (κ1) is 39.8. The lowest BCUT2D eigenvalue weighted by molar-refractivity contribution is 0.104. The standard InChI is InChI=1S/C40H48O.2C2H6.C2H4/c1-8-31(34-24-30(22-29(34)7)19-20-38(41)35-23-27(5)26(4)21-28(35)6)17-14-18-36-33(9-2)39(32-15-12-11-13-16-32)37-25-40(36,37)10-3;3*1-2/h11-13,15-16,19-21,23-24,33,36-37,39H,1,9-10,14,17-18,22,25H2,2-7H3;2*1-2H3;1-2H2. The molecule has 0 N–H and O–H groups in total. The second-order valence-electron chi connectivity index (χ2n) is 13.1. The van der Waals surface area contributed by atoms with Crippen LogP contribution in [-0.4, -0.2) is 5.78 Å². The van der Waals surface area contributed by atoms with Gasteiger partial charge in [-0.15, -0.1) is 18.9 Å². The normalized spacial score (nSPS) is 23.7. The van der Waals surface area contributed by atoms with E-state index >= 15 is 0 Å². The second kappa shape index (κ2) is 18.8. The summed E-state index contributed by atoms with van der Waals surface area (Å²) in [6.07, 6.45) is 14.4. The highest BCUT2D eigenvalue weighted by atomic mass is 16.1. The van der Waals surface area contributed by atoms with E-state index in [0.717, 1.165) is 53.2 Å². The van der Waals surface area contributed by atoms with Crippen LogP contribution in [0.25, 0.3) is 0 Å². The van der Waals surface area contributed by atoms with Crippen molar-refractivity contribution >= 4 is 5.78 Å². The van der Waals surface area contributed by atoms with E-state index < -0.39 is 0 Å². The van der Waals surface area contributed by atoms with Crippen LogP contribution >= 0.6 is 0 Å². The Balaban J connectivity index is 0.00000121. The first-order valence-electron chi connectivity index (χ1n) is 18.4. The van der Waals surface area contributed by atoms with Gasteiger partial charge in [0.15, 0.2) is 5.78 Å². The zero-order chi connectivity index (χ0) is 35.3. The molecule has 0 heterocycles. The lowest BCUT2D eigenvalue weighted by Gasteiger charge is -2.31. The van der Waals surface area contributed by atoms with Gasteiger partial charge in [0.2, 0.25) is 0 Å². The van der Waals surface area contributed by atoms with Crippen LogP contribution in [0.2, 0.25) is 0 Å². The molecule has 0 amide bonds. The predicted octanol–water partition coefficient (Wildman–Crippen LogP) is 13.6. The SMILES string of the molecule is C=C.C=C=C(CCCC1C(CC)C(c2ccccc2)C2CC12CC)C1=C(C)CC(C=CC(=O)c2cc(C)c(C)cc2C)=C1.CC.CC. The molecule has 3 aliphatic carbocycles. The fourth-order valence-corrected chi connectivity index (χ4v) is 8.63. The number of hydrogen-bond acceptors (Lipinski definition) is 1. The lowest BCUT2D eigenvalue weighted by atomic mass is 9.73. The van der Waals surface area contributed by atoms with E-state index in [0.29, 0.717) is 5.41 Å². The van der Waals surface area contributed by atoms with E-state index in [1.807, 2.05) is 46.8 Å². The van der Waals surface area contributed by atoms with Gasteiger partial charge in [-0.2, -0.15) is 0 Å². The maximum Gasteiger partial charge on any atom is 0.186 e. The van der Waals surface area contributed by atoms with Crippen molar-refractivity contribution in [3.8, 4) is 0 Å². The van der Waals surface area contributed by atoms with Gasteiger partial charge in [0, 0.05) is 11.1 Å². The molecule has 2 aromatic rings. The predicted molar refractivity (Wildman–Crippen MR) is 207 cm³/mol. The van der Waals surface area contributed by atoms with Crippen LogP contribution in [-0.2, 0) is 0 Å². The Kier molecular flexibility index (Phi) is 15.9. The number of carbonyl (C=O) groups excluding carboxylic acids is 1. The Morgan fingerprint density at radius 2 is 1.60 bits per heavy atom. The summed E-state index contributed by atoms with van der Waals surface area (Å²) < 4.78 is 0. The minimum atomic E-state index is 0.0798. The highest BCUT2D eigenvalue weighted by Gasteiger charge is 2.68. The maximum atomic E-state index is 13.0. The van der Waals surface area contributed by atoms with E-state index in [1.54, 1.807) is 11.6 Å². The minimum Gasteiger partial charge on any atom is -0.289 e. The molecule has 2 saturated carbocycles. The van der Waals surface area contributed by atoms with E-state index in [-0.39, 0.29) is 5.78 Å². The number of benzene rings is 2. The lowest BCUT2D eigenvalue weighted by Crippen LogP contribution is -2.22. The van der Waals surface area contributed by atoms with Gasteiger partial charge in [-0.25, -0.2) is 0 Å². The van der Waals surface area contributed by atoms with Crippen LogP contribution in [0.3, 0.4) is 0 Å². The second-order valence-corrected chi connectivity index (χ2v) is 13.1. The molecule has 0 radical (unpaired) electrons. The van der Waals surface area contributed by atoms with Gasteiger partial charge in [0.25, 0.3) is 0 Å². The fourth-order valence-electron chi connectivity index (χ4n) is 8.63. The zero-order valence-electron chi connectivity index (χ0n) is 31.6. The Labute approximate surface area is 289 Å². The minimum absolute atomic E-state index is 0.0798. The number of allylic oxidation sites excluding steroid dienone is 7. The molecule has 5 unspecified atom stereocenters. The highest BCUT2D eigenvalue weighted by molar-refractivity contribution is 6.06. The van der Waals surface area contributed by atoms with Crippen molar-refractivity contribution in [2.45, 2.75) is 120 Å². The Hall–Kier alpha value is -3.41. The number of rotatable bonds is 11. The third-order valence-electron chi connectivity index (χ3n) is 10.9. The number of carbonyl (C=O) groups is 1. The Morgan fingerprint density at radius 3 is 2.19 bits per heavy atom. The molecule has 2 aromatic carbocycles. The average Bonchev–Trinajstić information content (AvgIpc) is 3.63. The molecule has 5 rings (SSSR count). The fraction of sp³-hybridized carbons (Fsp3) is 0.478. The summed E-state index contributed by atoms with van der Waals surface area (Å²) in [6, 6.07) is 15.5. The van der Waals surface area contributed by atoms with Gasteiger partial charge in [-0.3, -0.25) is 4.79 Å². The largest absolute Gasteiger partial charge is 0.289 e. The van der Waals surface area contributed by atoms with Crippen LogP contribution in [0.15, 0.2) is 108 Å². The van der Waals surface area contributed by atoms with Crippen LogP contribution in [0, 0.1) is 43.9 Å². The molecule has 1 heteroatoms. The van der Waals surface area contributed by atoms with Gasteiger partial charge in [0.1, 0.15) is 0 Å². The quantitative estimate of drug-likeness (QED) is 0.104. The van der Waals surface area contributed by atoms with E-state index in [9.17, 15) is 4.79 Å². The summed E-state index contributed by atoms with van der Waals surface area (Å²) >= 11 is 0. The number of aryl methyl sites for hydroxylation is 3. The molecule has 2 fully saturated rings. The molecule has 5 atom stereocenters. The first-order chi connectivity index (χ1) is 22.7. The molecule has 3 aliphatic rings. The molecule has 254 valence electrons. The molecule has 0 spiro atoms. The van der Waals surface area contributed by atoms with E-state index in [4.69, 9.17) is 0 Å². The van der Waals surface area contributed by atoms with Crippen molar-refractivity contribution in [2.24, 2.45) is 23.2 Å². The van der Waals surface area contributed by atoms with Crippen LogP contribution < -0.4 is 0 Å². The third-order valence-corrected chi connectivity index (χ3v) is 10.9. The molecule has 0 bridgehead atoms. The molecular formula is C46H64O. The van der Waals surface area contributed by atoms with Gasteiger partial charge in [0.05, 0.1) is 0 Å². The number of fused-ring (bicyclic) bond motifs is 1. The van der Waals surface area contributed by atoms with Crippen LogP contribution in [0.5, 0.6) is 0 Å². The molecule has 47 heavy (non-hydrogen) atoms. The maximum absolute atomic E-state index is 13.0. The van der Waals surface area contributed by atoms with Crippen molar-refractivity contribution in [3.05, 3.63) is 136 Å². The van der Waals surface area contributed by atoms with Crippen molar-refractivity contribution in [1.29, 1.82) is 0 Å². The van der Waals surface area contributed by atoms with Gasteiger partial charge >= 0.3 is 0 Å².